The van der Waals surface area contributed by atoms with Crippen LogP contribution in [0, 0.1) is 0 Å². The van der Waals surface area contributed by atoms with E-state index in [-0.39, 0.29) is 0 Å². The fourth-order valence-corrected chi connectivity index (χ4v) is 1.53. The second-order valence-corrected chi connectivity index (χ2v) is 3.47. The van der Waals surface area contributed by atoms with Gasteiger partial charge in [0, 0.05) is 19.2 Å². The molecule has 0 radical (unpaired) electrons. The summed E-state index contributed by atoms with van der Waals surface area (Å²) in [5, 5.41) is 0. The van der Waals surface area contributed by atoms with E-state index in [2.05, 4.69) is 11.8 Å². The van der Waals surface area contributed by atoms with Crippen LogP contribution in [0.1, 0.15) is 23.7 Å². The molecule has 1 rings (SSSR count). The fraction of sp³-hybridized carbons (Fsp3) is 0.417. The summed E-state index contributed by atoms with van der Waals surface area (Å²) in [4.78, 5) is 12.8. The number of benzene rings is 1. The standard InChI is InChI=1S/C12H17NO2/c1-4-7-13(2)11-8-10(9-14)5-6-12(11)15-3/h5-6,8-9H,4,7H2,1-3H3. The maximum atomic E-state index is 10.7. The van der Waals surface area contributed by atoms with E-state index in [0.717, 1.165) is 30.7 Å². The van der Waals surface area contributed by atoms with Gasteiger partial charge in [0.15, 0.2) is 0 Å². The van der Waals surface area contributed by atoms with Gasteiger partial charge in [-0.1, -0.05) is 6.92 Å². The zero-order valence-electron chi connectivity index (χ0n) is 9.49. The molecule has 0 N–H and O–H groups in total. The lowest BCUT2D eigenvalue weighted by molar-refractivity contribution is 0.112. The lowest BCUT2D eigenvalue weighted by atomic mass is 10.2. The lowest BCUT2D eigenvalue weighted by Crippen LogP contribution is -2.18. The molecule has 0 aliphatic rings. The van der Waals surface area contributed by atoms with Gasteiger partial charge in [0.2, 0.25) is 0 Å². The van der Waals surface area contributed by atoms with Crippen molar-refractivity contribution in [2.24, 2.45) is 0 Å². The van der Waals surface area contributed by atoms with Crippen LogP contribution in [0.2, 0.25) is 0 Å². The third kappa shape index (κ3) is 2.72. The van der Waals surface area contributed by atoms with E-state index >= 15 is 0 Å². The minimum Gasteiger partial charge on any atom is -0.495 e. The topological polar surface area (TPSA) is 29.5 Å². The summed E-state index contributed by atoms with van der Waals surface area (Å²) in [5.74, 6) is 0.802. The predicted molar refractivity (Wildman–Crippen MR) is 61.9 cm³/mol. The molecule has 0 unspecified atom stereocenters. The first-order chi connectivity index (χ1) is 7.22. The number of rotatable bonds is 5. The highest BCUT2D eigenvalue weighted by Gasteiger charge is 2.08. The van der Waals surface area contributed by atoms with Crippen LogP contribution < -0.4 is 9.64 Å². The smallest absolute Gasteiger partial charge is 0.150 e. The first-order valence-electron chi connectivity index (χ1n) is 5.07. The number of hydrogen-bond donors (Lipinski definition) is 0. The highest BCUT2D eigenvalue weighted by Crippen LogP contribution is 2.28. The summed E-state index contributed by atoms with van der Waals surface area (Å²) in [5.41, 5.74) is 1.64. The van der Waals surface area contributed by atoms with Crippen LogP contribution in [-0.4, -0.2) is 27.0 Å². The summed E-state index contributed by atoms with van der Waals surface area (Å²) in [6.07, 6.45) is 1.91. The third-order valence-electron chi connectivity index (χ3n) is 2.31. The second kappa shape index (κ2) is 5.39. The monoisotopic (exact) mass is 207 g/mol. The molecule has 0 spiro atoms. The molecule has 1 aromatic rings. The van der Waals surface area contributed by atoms with Gasteiger partial charge in [-0.3, -0.25) is 4.79 Å². The highest BCUT2D eigenvalue weighted by molar-refractivity contribution is 5.79. The molecule has 15 heavy (non-hydrogen) atoms. The van der Waals surface area contributed by atoms with Crippen molar-refractivity contribution in [3.8, 4) is 5.75 Å². The van der Waals surface area contributed by atoms with E-state index in [1.54, 1.807) is 13.2 Å². The van der Waals surface area contributed by atoms with Gasteiger partial charge in [0.1, 0.15) is 12.0 Å². The average molecular weight is 207 g/mol. The minimum absolute atomic E-state index is 0.675. The molecule has 0 aliphatic heterocycles. The molecule has 0 fully saturated rings. The Kier molecular flexibility index (Phi) is 4.16. The SMILES string of the molecule is CCCN(C)c1cc(C=O)ccc1OC. The molecular formula is C12H17NO2. The van der Waals surface area contributed by atoms with Crippen LogP contribution in [0.4, 0.5) is 5.69 Å². The van der Waals surface area contributed by atoms with E-state index in [1.165, 1.54) is 0 Å². The normalized spacial score (nSPS) is 9.80. The molecule has 0 saturated heterocycles. The summed E-state index contributed by atoms with van der Waals surface area (Å²) in [6, 6.07) is 5.43. The van der Waals surface area contributed by atoms with Gasteiger partial charge in [-0.2, -0.15) is 0 Å². The van der Waals surface area contributed by atoms with Gasteiger partial charge >= 0.3 is 0 Å². The Morgan fingerprint density at radius 1 is 1.47 bits per heavy atom. The van der Waals surface area contributed by atoms with Crippen LogP contribution in [0.15, 0.2) is 18.2 Å². The van der Waals surface area contributed by atoms with Gasteiger partial charge in [-0.25, -0.2) is 0 Å². The zero-order chi connectivity index (χ0) is 11.3. The molecule has 0 atom stereocenters. The maximum Gasteiger partial charge on any atom is 0.150 e. The zero-order valence-corrected chi connectivity index (χ0v) is 9.49. The van der Waals surface area contributed by atoms with Crippen molar-refractivity contribution in [1.82, 2.24) is 0 Å². The third-order valence-corrected chi connectivity index (χ3v) is 2.31. The number of nitrogens with zero attached hydrogens (tertiary/aromatic N) is 1. The van der Waals surface area contributed by atoms with Crippen LogP contribution in [0.25, 0.3) is 0 Å². The van der Waals surface area contributed by atoms with Gasteiger partial charge in [0.05, 0.1) is 12.8 Å². The molecule has 0 heterocycles. The Balaban J connectivity index is 3.05. The quantitative estimate of drug-likeness (QED) is 0.694. The van der Waals surface area contributed by atoms with Gasteiger partial charge in [-0.05, 0) is 24.6 Å². The van der Waals surface area contributed by atoms with Crippen molar-refractivity contribution < 1.29 is 9.53 Å². The number of methoxy groups -OCH3 is 1. The van der Waals surface area contributed by atoms with Gasteiger partial charge in [0.25, 0.3) is 0 Å². The van der Waals surface area contributed by atoms with Crippen LogP contribution >= 0.6 is 0 Å². The maximum absolute atomic E-state index is 10.7. The van der Waals surface area contributed by atoms with Crippen molar-refractivity contribution in [2.75, 3.05) is 25.6 Å². The van der Waals surface area contributed by atoms with Crippen LogP contribution in [0.3, 0.4) is 0 Å². The fourth-order valence-electron chi connectivity index (χ4n) is 1.53. The summed E-state index contributed by atoms with van der Waals surface area (Å²) < 4.78 is 5.25. The molecule has 0 amide bonds. The van der Waals surface area contributed by atoms with Crippen LogP contribution in [-0.2, 0) is 0 Å². The summed E-state index contributed by atoms with van der Waals surface area (Å²) >= 11 is 0. The Labute approximate surface area is 90.7 Å². The molecule has 0 bridgehead atoms. The molecule has 1 aromatic carbocycles. The van der Waals surface area contributed by atoms with Crippen molar-refractivity contribution in [3.63, 3.8) is 0 Å². The van der Waals surface area contributed by atoms with E-state index in [0.29, 0.717) is 5.56 Å². The molecule has 3 heteroatoms. The second-order valence-electron chi connectivity index (χ2n) is 3.47. The van der Waals surface area contributed by atoms with E-state index in [4.69, 9.17) is 4.74 Å². The summed E-state index contributed by atoms with van der Waals surface area (Å²) in [6.45, 7) is 3.06. The molecule has 0 aliphatic carbocycles. The van der Waals surface area contributed by atoms with Crippen molar-refractivity contribution >= 4 is 12.0 Å². The largest absolute Gasteiger partial charge is 0.495 e. The number of ether oxygens (including phenoxy) is 1. The number of carbonyl (C=O) groups excluding carboxylic acids is 1. The number of aldehydes is 1. The van der Waals surface area contributed by atoms with E-state index in [1.807, 2.05) is 19.2 Å². The van der Waals surface area contributed by atoms with E-state index < -0.39 is 0 Å². The Morgan fingerprint density at radius 3 is 2.73 bits per heavy atom. The van der Waals surface area contributed by atoms with Gasteiger partial charge in [-0.15, -0.1) is 0 Å². The number of hydrogen-bond acceptors (Lipinski definition) is 3. The molecule has 3 nitrogen and oxygen atoms in total. The molecule has 0 aromatic heterocycles. The highest BCUT2D eigenvalue weighted by atomic mass is 16.5. The minimum atomic E-state index is 0.675. The van der Waals surface area contributed by atoms with Crippen molar-refractivity contribution in [2.45, 2.75) is 13.3 Å². The first kappa shape index (κ1) is 11.6. The summed E-state index contributed by atoms with van der Waals surface area (Å²) in [7, 11) is 3.63. The van der Waals surface area contributed by atoms with Crippen molar-refractivity contribution in [1.29, 1.82) is 0 Å². The average Bonchev–Trinajstić information content (AvgIpc) is 2.28. The van der Waals surface area contributed by atoms with Gasteiger partial charge < -0.3 is 9.64 Å². The molecular weight excluding hydrogens is 190 g/mol. The van der Waals surface area contributed by atoms with Crippen LogP contribution in [0.5, 0.6) is 5.75 Å². The predicted octanol–water partition coefficient (Wildman–Crippen LogP) is 2.35. The Morgan fingerprint density at radius 2 is 2.20 bits per heavy atom. The molecule has 0 saturated carbocycles. The first-order valence-corrected chi connectivity index (χ1v) is 5.07. The number of carbonyl (C=O) groups is 1. The van der Waals surface area contributed by atoms with E-state index in [9.17, 15) is 4.79 Å². The Bertz CT molecular complexity index is 336. The number of anilines is 1. The molecule has 82 valence electrons. The van der Waals surface area contributed by atoms with Crippen molar-refractivity contribution in [3.05, 3.63) is 23.8 Å². The lowest BCUT2D eigenvalue weighted by Gasteiger charge is -2.21. The Hall–Kier alpha value is -1.51.